The van der Waals surface area contributed by atoms with E-state index in [0.717, 1.165) is 0 Å². The molecule has 0 heterocycles. The third kappa shape index (κ3) is 6.24. The zero-order chi connectivity index (χ0) is 10.6. The van der Waals surface area contributed by atoms with Crippen LogP contribution in [0.25, 0.3) is 0 Å². The lowest BCUT2D eigenvalue weighted by Crippen LogP contribution is -2.15. The van der Waals surface area contributed by atoms with E-state index < -0.39 is 26.5 Å². The Kier molecular flexibility index (Phi) is 5.18. The SMILES string of the molecule is CC(C)OP(OC(C)C)C(F)(F)F. The van der Waals surface area contributed by atoms with Crippen molar-refractivity contribution in [3.63, 3.8) is 0 Å². The van der Waals surface area contributed by atoms with Gasteiger partial charge in [-0.15, -0.1) is 0 Å². The molecule has 2 nitrogen and oxygen atoms in total. The molecule has 0 fully saturated rings. The van der Waals surface area contributed by atoms with Gasteiger partial charge in [-0.3, -0.25) is 0 Å². The van der Waals surface area contributed by atoms with Gasteiger partial charge in [0.2, 0.25) is 0 Å². The zero-order valence-corrected chi connectivity index (χ0v) is 8.95. The summed E-state index contributed by atoms with van der Waals surface area (Å²) in [6, 6.07) is 0. The Bertz CT molecular complexity index is 137. The van der Waals surface area contributed by atoms with Crippen LogP contribution in [0.15, 0.2) is 0 Å². The average Bonchev–Trinajstić information content (AvgIpc) is 1.81. The van der Waals surface area contributed by atoms with Gasteiger partial charge >= 0.3 is 5.92 Å². The molecule has 0 saturated carbocycles. The van der Waals surface area contributed by atoms with Crippen molar-refractivity contribution in [3.8, 4) is 0 Å². The minimum absolute atomic E-state index is 0.480. The van der Waals surface area contributed by atoms with Crippen LogP contribution in [-0.2, 0) is 9.05 Å². The summed E-state index contributed by atoms with van der Waals surface area (Å²) in [6.07, 6.45) is -0.960. The summed E-state index contributed by atoms with van der Waals surface area (Å²) in [5, 5.41) is 0. The second-order valence-corrected chi connectivity index (χ2v) is 4.48. The van der Waals surface area contributed by atoms with E-state index in [0.29, 0.717) is 0 Å². The van der Waals surface area contributed by atoms with Gasteiger partial charge in [0, 0.05) is 0 Å². The Morgan fingerprint density at radius 3 is 1.38 bits per heavy atom. The minimum Gasteiger partial charge on any atom is -0.325 e. The van der Waals surface area contributed by atoms with E-state index in [9.17, 15) is 13.2 Å². The molecule has 0 amide bonds. The highest BCUT2D eigenvalue weighted by Crippen LogP contribution is 2.56. The quantitative estimate of drug-likeness (QED) is 0.670. The summed E-state index contributed by atoms with van der Waals surface area (Å²) in [4.78, 5) is 0. The molecular formula is C7H14F3O2P. The standard InChI is InChI=1S/C7H14F3O2P/c1-5(2)11-13(7(8,9)10)12-6(3)4/h5-6H,1-4H3. The van der Waals surface area contributed by atoms with Crippen LogP contribution in [0.3, 0.4) is 0 Å². The lowest BCUT2D eigenvalue weighted by molar-refractivity contribution is -0.0683. The molecule has 0 aromatic heterocycles. The molecule has 0 N–H and O–H groups in total. The van der Waals surface area contributed by atoms with E-state index in [1.54, 1.807) is 27.7 Å². The van der Waals surface area contributed by atoms with Crippen molar-refractivity contribution in [3.05, 3.63) is 0 Å². The molecule has 0 aliphatic carbocycles. The fourth-order valence-electron chi connectivity index (χ4n) is 0.527. The summed E-state index contributed by atoms with van der Waals surface area (Å²) in [7, 11) is -2.78. The molecular weight excluding hydrogens is 204 g/mol. The summed E-state index contributed by atoms with van der Waals surface area (Å²) in [5.41, 5.74) is 0. The molecule has 0 aromatic rings. The van der Waals surface area contributed by atoms with Crippen LogP contribution < -0.4 is 0 Å². The van der Waals surface area contributed by atoms with Crippen LogP contribution in [0.1, 0.15) is 27.7 Å². The van der Waals surface area contributed by atoms with Crippen molar-refractivity contribution in [2.75, 3.05) is 0 Å². The maximum absolute atomic E-state index is 12.2. The lowest BCUT2D eigenvalue weighted by Gasteiger charge is -2.23. The minimum atomic E-state index is -4.40. The van der Waals surface area contributed by atoms with Crippen LogP contribution in [0.4, 0.5) is 13.2 Å². The van der Waals surface area contributed by atoms with Gasteiger partial charge in [-0.2, -0.15) is 13.2 Å². The van der Waals surface area contributed by atoms with E-state index >= 15 is 0 Å². The van der Waals surface area contributed by atoms with E-state index in [4.69, 9.17) is 0 Å². The highest BCUT2D eigenvalue weighted by Gasteiger charge is 2.44. The van der Waals surface area contributed by atoms with E-state index in [-0.39, 0.29) is 0 Å². The van der Waals surface area contributed by atoms with Gasteiger partial charge in [-0.25, -0.2) is 0 Å². The first-order valence-corrected chi connectivity index (χ1v) is 5.11. The van der Waals surface area contributed by atoms with Crippen LogP contribution in [-0.4, -0.2) is 18.1 Å². The maximum atomic E-state index is 12.2. The Balaban J connectivity index is 4.20. The van der Waals surface area contributed by atoms with Crippen LogP contribution >= 0.6 is 8.38 Å². The first-order chi connectivity index (χ1) is 5.73. The van der Waals surface area contributed by atoms with Gasteiger partial charge in [0.25, 0.3) is 8.38 Å². The van der Waals surface area contributed by atoms with Crippen LogP contribution in [0, 0.1) is 0 Å². The Morgan fingerprint density at radius 1 is 0.923 bits per heavy atom. The molecule has 0 rings (SSSR count). The topological polar surface area (TPSA) is 18.5 Å². The number of hydrogen-bond acceptors (Lipinski definition) is 2. The van der Waals surface area contributed by atoms with Crippen molar-refractivity contribution in [1.82, 2.24) is 0 Å². The Hall–Kier alpha value is 0.140. The normalized spacial score (nSPS) is 13.4. The van der Waals surface area contributed by atoms with E-state index in [1.165, 1.54) is 0 Å². The second-order valence-electron chi connectivity index (χ2n) is 3.03. The summed E-state index contributed by atoms with van der Waals surface area (Å²) in [5.74, 6) is -4.40. The van der Waals surface area contributed by atoms with Crippen molar-refractivity contribution in [1.29, 1.82) is 0 Å². The van der Waals surface area contributed by atoms with Crippen molar-refractivity contribution >= 4 is 8.38 Å². The number of alkyl halides is 3. The van der Waals surface area contributed by atoms with Crippen molar-refractivity contribution in [2.24, 2.45) is 0 Å². The van der Waals surface area contributed by atoms with Gasteiger partial charge in [0.15, 0.2) is 0 Å². The second kappa shape index (κ2) is 5.13. The van der Waals surface area contributed by atoms with E-state index in [2.05, 4.69) is 9.05 Å². The molecule has 0 atom stereocenters. The third-order valence-corrected chi connectivity index (χ3v) is 2.46. The van der Waals surface area contributed by atoms with Crippen LogP contribution in [0.5, 0.6) is 0 Å². The van der Waals surface area contributed by atoms with Crippen molar-refractivity contribution < 1.29 is 22.2 Å². The van der Waals surface area contributed by atoms with Gasteiger partial charge < -0.3 is 9.05 Å². The smallest absolute Gasteiger partial charge is 0.325 e. The molecule has 0 spiro atoms. The summed E-state index contributed by atoms with van der Waals surface area (Å²) >= 11 is 0. The predicted molar refractivity (Wildman–Crippen MR) is 45.4 cm³/mol. The lowest BCUT2D eigenvalue weighted by atomic mass is 10.5. The third-order valence-electron chi connectivity index (χ3n) is 0.820. The fourth-order valence-corrected chi connectivity index (χ4v) is 1.58. The first-order valence-electron chi connectivity index (χ1n) is 3.94. The number of rotatable bonds is 4. The summed E-state index contributed by atoms with van der Waals surface area (Å²) < 4.78 is 45.9. The predicted octanol–water partition coefficient (Wildman–Crippen LogP) is 3.67. The molecule has 0 unspecified atom stereocenters. The van der Waals surface area contributed by atoms with Gasteiger partial charge in [0.1, 0.15) is 0 Å². The van der Waals surface area contributed by atoms with Gasteiger partial charge in [-0.1, -0.05) is 0 Å². The number of hydrogen-bond donors (Lipinski definition) is 0. The Labute approximate surface area is 77.3 Å². The molecule has 80 valence electrons. The van der Waals surface area contributed by atoms with Crippen molar-refractivity contribution in [2.45, 2.75) is 45.8 Å². The monoisotopic (exact) mass is 218 g/mol. The highest BCUT2D eigenvalue weighted by molar-refractivity contribution is 7.48. The first kappa shape index (κ1) is 13.1. The van der Waals surface area contributed by atoms with Crippen LogP contribution in [0.2, 0.25) is 0 Å². The molecule has 0 bridgehead atoms. The zero-order valence-electron chi connectivity index (χ0n) is 8.05. The Morgan fingerprint density at radius 2 is 1.23 bits per heavy atom. The summed E-state index contributed by atoms with van der Waals surface area (Å²) in [6.45, 7) is 6.19. The number of halogens is 3. The average molecular weight is 218 g/mol. The molecule has 0 radical (unpaired) electrons. The molecule has 6 heteroatoms. The van der Waals surface area contributed by atoms with Gasteiger partial charge in [-0.05, 0) is 27.7 Å². The molecule has 0 aliphatic heterocycles. The molecule has 0 saturated heterocycles. The molecule has 0 aliphatic rings. The van der Waals surface area contributed by atoms with Gasteiger partial charge in [0.05, 0.1) is 12.2 Å². The molecule has 13 heavy (non-hydrogen) atoms. The maximum Gasteiger partial charge on any atom is 0.458 e. The highest BCUT2D eigenvalue weighted by atomic mass is 31.2. The van der Waals surface area contributed by atoms with E-state index in [1.807, 2.05) is 0 Å². The fraction of sp³-hybridized carbons (Fsp3) is 1.00. The largest absolute Gasteiger partial charge is 0.458 e. The molecule has 0 aromatic carbocycles.